The van der Waals surface area contributed by atoms with Crippen LogP contribution < -0.4 is 0 Å². The van der Waals surface area contributed by atoms with E-state index in [0.717, 1.165) is 35.9 Å². The molecule has 0 aliphatic rings. The maximum Gasteiger partial charge on any atom is 0.124 e. The fraction of sp³-hybridized carbons (Fsp3) is 0.278. The Morgan fingerprint density at radius 2 is 1.86 bits per heavy atom. The van der Waals surface area contributed by atoms with Crippen molar-refractivity contribution < 1.29 is 4.74 Å². The van der Waals surface area contributed by atoms with Crippen molar-refractivity contribution in [1.29, 1.82) is 0 Å². The van der Waals surface area contributed by atoms with Crippen LogP contribution in [0.25, 0.3) is 20.8 Å². The Kier molecular flexibility index (Phi) is 5.48. The van der Waals surface area contributed by atoms with E-state index < -0.39 is 0 Å². The standard InChI is InChI=1S/C18H19NOS2/c1-2-11-20-12-13-21-15-9-7-14(8-10-15)18-19-16-5-3-4-6-17(16)22-18/h3-10H,2,11-13H2,1H3. The minimum absolute atomic E-state index is 0.818. The first-order valence-corrected chi connectivity index (χ1v) is 9.33. The van der Waals surface area contributed by atoms with Crippen molar-refractivity contribution in [1.82, 2.24) is 4.98 Å². The molecule has 1 heterocycles. The minimum atomic E-state index is 0.818. The van der Waals surface area contributed by atoms with Gasteiger partial charge in [-0.3, -0.25) is 0 Å². The lowest BCUT2D eigenvalue weighted by Gasteiger charge is -2.03. The predicted octanol–water partition coefficient (Wildman–Crippen LogP) is 5.48. The molecule has 22 heavy (non-hydrogen) atoms. The molecule has 0 aliphatic carbocycles. The number of thiazole rings is 1. The second-order valence-corrected chi connectivity index (χ2v) is 7.17. The number of aromatic nitrogens is 1. The minimum Gasteiger partial charge on any atom is -0.381 e. The van der Waals surface area contributed by atoms with E-state index in [1.807, 2.05) is 17.8 Å². The lowest BCUT2D eigenvalue weighted by atomic mass is 10.2. The summed E-state index contributed by atoms with van der Waals surface area (Å²) < 4.78 is 6.74. The number of fused-ring (bicyclic) bond motifs is 1. The van der Waals surface area contributed by atoms with Crippen LogP contribution in [0.1, 0.15) is 13.3 Å². The number of rotatable bonds is 7. The highest BCUT2D eigenvalue weighted by atomic mass is 32.2. The summed E-state index contributed by atoms with van der Waals surface area (Å²) in [7, 11) is 0. The molecule has 0 saturated carbocycles. The third-order valence-electron chi connectivity index (χ3n) is 3.24. The quantitative estimate of drug-likeness (QED) is 0.423. The van der Waals surface area contributed by atoms with Gasteiger partial charge in [0.1, 0.15) is 5.01 Å². The Morgan fingerprint density at radius 3 is 2.64 bits per heavy atom. The van der Waals surface area contributed by atoms with E-state index in [-0.39, 0.29) is 0 Å². The molecule has 0 unspecified atom stereocenters. The largest absolute Gasteiger partial charge is 0.381 e. The van der Waals surface area contributed by atoms with Gasteiger partial charge in [-0.1, -0.05) is 31.2 Å². The lowest BCUT2D eigenvalue weighted by molar-refractivity contribution is 0.151. The van der Waals surface area contributed by atoms with Crippen LogP contribution in [0, 0.1) is 0 Å². The Labute approximate surface area is 139 Å². The molecule has 0 aliphatic heterocycles. The zero-order chi connectivity index (χ0) is 15.2. The van der Waals surface area contributed by atoms with Gasteiger partial charge in [-0.05, 0) is 30.7 Å². The van der Waals surface area contributed by atoms with Crippen molar-refractivity contribution in [2.24, 2.45) is 0 Å². The number of para-hydroxylation sites is 1. The van der Waals surface area contributed by atoms with Crippen LogP contribution in [0.2, 0.25) is 0 Å². The van der Waals surface area contributed by atoms with Crippen molar-refractivity contribution in [2.75, 3.05) is 19.0 Å². The molecular formula is C18H19NOS2. The predicted molar refractivity (Wildman–Crippen MR) is 96.9 cm³/mol. The molecule has 114 valence electrons. The number of thioether (sulfide) groups is 1. The van der Waals surface area contributed by atoms with Crippen molar-refractivity contribution >= 4 is 33.3 Å². The van der Waals surface area contributed by atoms with Gasteiger partial charge >= 0.3 is 0 Å². The van der Waals surface area contributed by atoms with Gasteiger partial charge in [-0.25, -0.2) is 4.98 Å². The van der Waals surface area contributed by atoms with Gasteiger partial charge in [0, 0.05) is 22.8 Å². The van der Waals surface area contributed by atoms with Crippen molar-refractivity contribution in [3.05, 3.63) is 48.5 Å². The molecule has 3 aromatic rings. The number of benzene rings is 2. The maximum atomic E-state index is 5.50. The molecule has 1 aromatic heterocycles. The first kappa shape index (κ1) is 15.5. The Morgan fingerprint density at radius 1 is 1.05 bits per heavy atom. The molecule has 0 amide bonds. The average molecular weight is 329 g/mol. The molecule has 3 rings (SSSR count). The SMILES string of the molecule is CCCOCCSc1ccc(-c2nc3ccccc3s2)cc1. The van der Waals surface area contributed by atoms with E-state index in [9.17, 15) is 0 Å². The first-order valence-electron chi connectivity index (χ1n) is 7.53. The van der Waals surface area contributed by atoms with E-state index in [0.29, 0.717) is 0 Å². The van der Waals surface area contributed by atoms with Crippen molar-refractivity contribution in [2.45, 2.75) is 18.2 Å². The Balaban J connectivity index is 1.63. The molecule has 0 bridgehead atoms. The number of ether oxygens (including phenoxy) is 1. The normalized spacial score (nSPS) is 11.1. The fourth-order valence-electron chi connectivity index (χ4n) is 2.15. The number of hydrogen-bond acceptors (Lipinski definition) is 4. The van der Waals surface area contributed by atoms with Crippen LogP contribution in [-0.2, 0) is 4.74 Å². The number of hydrogen-bond donors (Lipinski definition) is 0. The molecule has 0 saturated heterocycles. The van der Waals surface area contributed by atoms with E-state index in [1.165, 1.54) is 15.2 Å². The van der Waals surface area contributed by atoms with Crippen LogP contribution in [-0.4, -0.2) is 24.0 Å². The second-order valence-electron chi connectivity index (χ2n) is 4.97. The molecule has 0 radical (unpaired) electrons. The van der Waals surface area contributed by atoms with Crippen molar-refractivity contribution in [3.63, 3.8) is 0 Å². The third-order valence-corrected chi connectivity index (χ3v) is 5.30. The second kappa shape index (κ2) is 7.77. The molecule has 0 spiro atoms. The van der Waals surface area contributed by atoms with Crippen LogP contribution in [0.4, 0.5) is 0 Å². The van der Waals surface area contributed by atoms with Gasteiger partial charge in [-0.15, -0.1) is 23.1 Å². The topological polar surface area (TPSA) is 22.1 Å². The summed E-state index contributed by atoms with van der Waals surface area (Å²) in [6, 6.07) is 16.9. The van der Waals surface area contributed by atoms with E-state index in [4.69, 9.17) is 9.72 Å². The molecule has 0 atom stereocenters. The monoisotopic (exact) mass is 329 g/mol. The average Bonchev–Trinajstić information content (AvgIpc) is 2.99. The summed E-state index contributed by atoms with van der Waals surface area (Å²) in [6.45, 7) is 3.81. The molecule has 2 nitrogen and oxygen atoms in total. The van der Waals surface area contributed by atoms with Crippen LogP contribution in [0.15, 0.2) is 53.4 Å². The van der Waals surface area contributed by atoms with E-state index >= 15 is 0 Å². The van der Waals surface area contributed by atoms with Gasteiger partial charge in [0.2, 0.25) is 0 Å². The van der Waals surface area contributed by atoms with Gasteiger partial charge in [0.05, 0.1) is 16.8 Å². The van der Waals surface area contributed by atoms with Crippen molar-refractivity contribution in [3.8, 4) is 10.6 Å². The van der Waals surface area contributed by atoms with Gasteiger partial charge in [-0.2, -0.15) is 0 Å². The summed E-state index contributed by atoms with van der Waals surface area (Å²) in [4.78, 5) is 5.98. The molecule has 2 aromatic carbocycles. The van der Waals surface area contributed by atoms with Crippen LogP contribution in [0.3, 0.4) is 0 Å². The first-order chi connectivity index (χ1) is 10.9. The maximum absolute atomic E-state index is 5.50. The van der Waals surface area contributed by atoms with Gasteiger partial charge in [0.25, 0.3) is 0 Å². The smallest absolute Gasteiger partial charge is 0.124 e. The molecule has 0 N–H and O–H groups in total. The summed E-state index contributed by atoms with van der Waals surface area (Å²) in [5.41, 5.74) is 2.27. The Hall–Kier alpha value is -1.36. The zero-order valence-electron chi connectivity index (χ0n) is 12.6. The highest BCUT2D eigenvalue weighted by molar-refractivity contribution is 7.99. The van der Waals surface area contributed by atoms with E-state index in [1.54, 1.807) is 11.3 Å². The summed E-state index contributed by atoms with van der Waals surface area (Å²) in [6.07, 6.45) is 1.08. The fourth-order valence-corrected chi connectivity index (χ4v) is 3.89. The molecular weight excluding hydrogens is 310 g/mol. The summed E-state index contributed by atoms with van der Waals surface area (Å²) in [5, 5.41) is 1.09. The van der Waals surface area contributed by atoms with Gasteiger partial charge in [0.15, 0.2) is 0 Å². The summed E-state index contributed by atoms with van der Waals surface area (Å²) >= 11 is 3.58. The van der Waals surface area contributed by atoms with Crippen LogP contribution >= 0.6 is 23.1 Å². The zero-order valence-corrected chi connectivity index (χ0v) is 14.3. The third kappa shape index (κ3) is 3.88. The molecule has 0 fully saturated rings. The highest BCUT2D eigenvalue weighted by Crippen LogP contribution is 2.31. The van der Waals surface area contributed by atoms with Gasteiger partial charge < -0.3 is 4.74 Å². The molecule has 4 heteroatoms. The van der Waals surface area contributed by atoms with Crippen LogP contribution in [0.5, 0.6) is 0 Å². The Bertz CT molecular complexity index is 688. The van der Waals surface area contributed by atoms with E-state index in [2.05, 4.69) is 49.4 Å². The summed E-state index contributed by atoms with van der Waals surface area (Å²) in [5.74, 6) is 1.00. The lowest BCUT2D eigenvalue weighted by Crippen LogP contribution is -1.97. The highest BCUT2D eigenvalue weighted by Gasteiger charge is 2.05. The number of nitrogens with zero attached hydrogens (tertiary/aromatic N) is 1.